The minimum Gasteiger partial charge on any atom is -0.369 e. The van der Waals surface area contributed by atoms with Gasteiger partial charge in [0.05, 0.1) is 0 Å². The van der Waals surface area contributed by atoms with E-state index in [2.05, 4.69) is 4.90 Å². The van der Waals surface area contributed by atoms with Crippen molar-refractivity contribution in [2.75, 3.05) is 13.1 Å². The molecule has 1 aliphatic heterocycles. The first-order valence-corrected chi connectivity index (χ1v) is 5.45. The maximum atomic E-state index is 11.0. The van der Waals surface area contributed by atoms with E-state index in [1.807, 2.05) is 0 Å². The van der Waals surface area contributed by atoms with E-state index in [1.165, 1.54) is 0 Å². The monoisotopic (exact) mass is 197 g/mol. The molecular weight excluding hydrogens is 178 g/mol. The normalized spacial score (nSPS) is 35.2. The lowest BCUT2D eigenvalue weighted by molar-refractivity contribution is -0.123. The summed E-state index contributed by atoms with van der Waals surface area (Å²) >= 11 is 0. The second-order valence-corrected chi connectivity index (χ2v) is 4.60. The van der Waals surface area contributed by atoms with Crippen molar-refractivity contribution in [3.8, 4) is 0 Å². The summed E-state index contributed by atoms with van der Waals surface area (Å²) in [5.41, 5.74) is 11.0. The Balaban J connectivity index is 1.76. The van der Waals surface area contributed by atoms with E-state index < -0.39 is 0 Å². The highest BCUT2D eigenvalue weighted by Crippen LogP contribution is 2.28. The van der Waals surface area contributed by atoms with Crippen LogP contribution in [0, 0.1) is 5.92 Å². The molecule has 2 rings (SSSR count). The summed E-state index contributed by atoms with van der Waals surface area (Å²) in [5.74, 6) is -0.0186. The number of nitrogens with zero attached hydrogens (tertiary/aromatic N) is 1. The summed E-state index contributed by atoms with van der Waals surface area (Å²) in [6, 6.07) is 1.09. The van der Waals surface area contributed by atoms with Crippen LogP contribution in [0.25, 0.3) is 0 Å². The number of rotatable bonds is 2. The number of likely N-dealkylation sites (tertiary alicyclic amines) is 1. The number of hydrogen-bond acceptors (Lipinski definition) is 3. The van der Waals surface area contributed by atoms with Gasteiger partial charge in [0.15, 0.2) is 0 Å². The van der Waals surface area contributed by atoms with E-state index in [-0.39, 0.29) is 11.8 Å². The minimum atomic E-state index is -0.130. The smallest absolute Gasteiger partial charge is 0.220 e. The van der Waals surface area contributed by atoms with Crippen molar-refractivity contribution in [3.63, 3.8) is 0 Å². The molecule has 1 saturated heterocycles. The molecule has 1 amide bonds. The summed E-state index contributed by atoms with van der Waals surface area (Å²) in [5, 5.41) is 0. The molecule has 0 spiro atoms. The minimum absolute atomic E-state index is 0.111. The Bertz CT molecular complexity index is 217. The molecular formula is C10H19N3O. The average molecular weight is 197 g/mol. The molecule has 0 bridgehead atoms. The van der Waals surface area contributed by atoms with Gasteiger partial charge in [-0.3, -0.25) is 4.79 Å². The Morgan fingerprint density at radius 2 is 1.79 bits per heavy atom. The topological polar surface area (TPSA) is 72.4 Å². The van der Waals surface area contributed by atoms with E-state index in [4.69, 9.17) is 11.5 Å². The largest absolute Gasteiger partial charge is 0.369 e. The van der Waals surface area contributed by atoms with E-state index in [9.17, 15) is 4.79 Å². The highest BCUT2D eigenvalue weighted by molar-refractivity contribution is 5.76. The number of hydrogen-bond donors (Lipinski definition) is 2. The van der Waals surface area contributed by atoms with Gasteiger partial charge in [-0.05, 0) is 38.8 Å². The number of primary amides is 1. The summed E-state index contributed by atoms with van der Waals surface area (Å²) < 4.78 is 0. The van der Waals surface area contributed by atoms with Crippen LogP contribution in [0.5, 0.6) is 0 Å². The van der Waals surface area contributed by atoms with Crippen LogP contribution in [-0.2, 0) is 4.79 Å². The molecule has 2 fully saturated rings. The van der Waals surface area contributed by atoms with E-state index in [0.717, 1.165) is 38.8 Å². The van der Waals surface area contributed by atoms with Gasteiger partial charge in [-0.25, -0.2) is 0 Å². The molecule has 4 N–H and O–H groups in total. The van der Waals surface area contributed by atoms with Crippen LogP contribution < -0.4 is 11.5 Å². The van der Waals surface area contributed by atoms with E-state index in [0.29, 0.717) is 12.1 Å². The van der Waals surface area contributed by atoms with Gasteiger partial charge in [-0.2, -0.15) is 0 Å². The fourth-order valence-electron chi connectivity index (χ4n) is 2.48. The van der Waals surface area contributed by atoms with Gasteiger partial charge in [-0.1, -0.05) is 0 Å². The highest BCUT2D eigenvalue weighted by atomic mass is 16.1. The van der Waals surface area contributed by atoms with Gasteiger partial charge < -0.3 is 16.4 Å². The van der Waals surface area contributed by atoms with Gasteiger partial charge in [0.2, 0.25) is 5.91 Å². The Hall–Kier alpha value is -0.610. The van der Waals surface area contributed by atoms with Crippen molar-refractivity contribution in [2.24, 2.45) is 17.4 Å². The quantitative estimate of drug-likeness (QED) is 0.637. The zero-order valence-corrected chi connectivity index (χ0v) is 8.48. The summed E-state index contributed by atoms with van der Waals surface area (Å²) in [4.78, 5) is 13.4. The Morgan fingerprint density at radius 3 is 2.21 bits per heavy atom. The zero-order valence-electron chi connectivity index (χ0n) is 8.48. The van der Waals surface area contributed by atoms with Crippen LogP contribution in [0.3, 0.4) is 0 Å². The molecule has 0 atom stereocenters. The second kappa shape index (κ2) is 3.87. The molecule has 4 heteroatoms. The predicted octanol–water partition coefficient (Wildman–Crippen LogP) is -0.327. The van der Waals surface area contributed by atoms with E-state index in [1.54, 1.807) is 0 Å². The molecule has 0 radical (unpaired) electrons. The molecule has 14 heavy (non-hydrogen) atoms. The number of piperidine rings is 1. The van der Waals surface area contributed by atoms with Crippen molar-refractivity contribution in [1.82, 2.24) is 4.90 Å². The van der Waals surface area contributed by atoms with Crippen molar-refractivity contribution in [1.29, 1.82) is 0 Å². The number of carbonyl (C=O) groups is 1. The molecule has 0 aromatic rings. The zero-order chi connectivity index (χ0) is 10.1. The first-order chi connectivity index (χ1) is 6.66. The van der Waals surface area contributed by atoms with Crippen molar-refractivity contribution >= 4 is 5.91 Å². The molecule has 0 aromatic carbocycles. The second-order valence-electron chi connectivity index (χ2n) is 4.60. The number of carbonyl (C=O) groups excluding carboxylic acids is 1. The third-order valence-corrected chi connectivity index (χ3v) is 3.60. The highest BCUT2D eigenvalue weighted by Gasteiger charge is 2.34. The first kappa shape index (κ1) is 9.93. The first-order valence-electron chi connectivity index (χ1n) is 5.45. The van der Waals surface area contributed by atoms with Crippen LogP contribution in [0.2, 0.25) is 0 Å². The van der Waals surface area contributed by atoms with Crippen molar-refractivity contribution in [3.05, 3.63) is 0 Å². The Morgan fingerprint density at radius 1 is 1.21 bits per heavy atom. The van der Waals surface area contributed by atoms with Crippen LogP contribution in [0.4, 0.5) is 0 Å². The van der Waals surface area contributed by atoms with Crippen molar-refractivity contribution in [2.45, 2.75) is 37.8 Å². The maximum absolute atomic E-state index is 11.0. The molecule has 0 aromatic heterocycles. The van der Waals surface area contributed by atoms with Crippen molar-refractivity contribution < 1.29 is 4.79 Å². The van der Waals surface area contributed by atoms with Crippen LogP contribution in [0.15, 0.2) is 0 Å². The fraction of sp³-hybridized carbons (Fsp3) is 0.900. The summed E-state index contributed by atoms with van der Waals surface area (Å²) in [7, 11) is 0. The van der Waals surface area contributed by atoms with Gasteiger partial charge in [0.25, 0.3) is 0 Å². The van der Waals surface area contributed by atoms with E-state index >= 15 is 0 Å². The Labute approximate surface area is 84.6 Å². The van der Waals surface area contributed by atoms with Crippen LogP contribution in [-0.4, -0.2) is 36.0 Å². The van der Waals surface area contributed by atoms with Gasteiger partial charge in [-0.15, -0.1) is 0 Å². The molecule has 4 nitrogen and oxygen atoms in total. The lowest BCUT2D eigenvalue weighted by atomic mass is 9.84. The summed E-state index contributed by atoms with van der Waals surface area (Å²) in [6.45, 7) is 2.04. The van der Waals surface area contributed by atoms with Gasteiger partial charge in [0, 0.05) is 18.0 Å². The third-order valence-electron chi connectivity index (χ3n) is 3.60. The molecule has 1 saturated carbocycles. The third kappa shape index (κ3) is 1.91. The average Bonchev–Trinajstić information content (AvgIpc) is 2.13. The lowest BCUT2D eigenvalue weighted by Gasteiger charge is -2.44. The molecule has 80 valence electrons. The van der Waals surface area contributed by atoms with Gasteiger partial charge in [0.1, 0.15) is 0 Å². The lowest BCUT2D eigenvalue weighted by Crippen LogP contribution is -2.53. The Kier molecular flexibility index (Phi) is 2.74. The molecule has 2 aliphatic rings. The molecule has 1 aliphatic carbocycles. The SMILES string of the molecule is NC(=O)C1CCN(C2CC(N)C2)CC1. The molecule has 0 unspecified atom stereocenters. The van der Waals surface area contributed by atoms with Crippen LogP contribution >= 0.6 is 0 Å². The molecule has 1 heterocycles. The number of nitrogens with two attached hydrogens (primary N) is 2. The fourth-order valence-corrected chi connectivity index (χ4v) is 2.48. The van der Waals surface area contributed by atoms with Gasteiger partial charge >= 0.3 is 0 Å². The van der Waals surface area contributed by atoms with Crippen LogP contribution in [0.1, 0.15) is 25.7 Å². The standard InChI is InChI=1S/C10H19N3O/c11-8-5-9(6-8)13-3-1-7(2-4-13)10(12)14/h7-9H,1-6,11H2,(H2,12,14). The maximum Gasteiger partial charge on any atom is 0.220 e. The summed E-state index contributed by atoms with van der Waals surface area (Å²) in [6.07, 6.45) is 4.12. The predicted molar refractivity (Wildman–Crippen MR) is 54.5 cm³/mol. The number of amides is 1.